The van der Waals surface area contributed by atoms with E-state index in [0.29, 0.717) is 12.0 Å². The summed E-state index contributed by atoms with van der Waals surface area (Å²) in [7, 11) is 0. The van der Waals surface area contributed by atoms with Crippen LogP contribution in [0.1, 0.15) is 50.0 Å². The molecule has 98 valence electrons. The lowest BCUT2D eigenvalue weighted by atomic mass is 9.49. The maximum Gasteiger partial charge on any atom is 0.143 e. The minimum absolute atomic E-state index is 0.342. The van der Waals surface area contributed by atoms with Gasteiger partial charge in [-0.25, -0.2) is 0 Å². The van der Waals surface area contributed by atoms with Crippen LogP contribution in [-0.2, 0) is 11.8 Å². The Morgan fingerprint density at radius 2 is 1.78 bits per heavy atom. The van der Waals surface area contributed by atoms with Crippen molar-refractivity contribution >= 4 is 0 Å². The molecule has 0 unspecified atom stereocenters. The van der Waals surface area contributed by atoms with Crippen molar-refractivity contribution in [2.24, 2.45) is 23.5 Å². The van der Waals surface area contributed by atoms with Gasteiger partial charge in [-0.15, -0.1) is 0 Å². The number of nitrogens with zero attached hydrogens (tertiary/aromatic N) is 1. The van der Waals surface area contributed by atoms with Crippen LogP contribution in [0.2, 0.25) is 0 Å². The molecule has 0 saturated heterocycles. The molecule has 2 N–H and O–H groups in total. The van der Waals surface area contributed by atoms with E-state index in [1.165, 1.54) is 44.3 Å². The third-order valence-electron chi connectivity index (χ3n) is 5.52. The number of nitrogens with two attached hydrogens (primary N) is 1. The Hall–Kier alpha value is -0.830. The minimum Gasteiger partial charge on any atom is -0.361 e. The summed E-state index contributed by atoms with van der Waals surface area (Å²) < 4.78 is 5.70. The molecule has 0 radical (unpaired) electrons. The monoisotopic (exact) mass is 246 g/mol. The van der Waals surface area contributed by atoms with E-state index in [0.717, 1.165) is 29.9 Å². The summed E-state index contributed by atoms with van der Waals surface area (Å²) in [5, 5.41) is 4.21. The summed E-state index contributed by atoms with van der Waals surface area (Å²) in [5.41, 5.74) is 6.98. The Bertz CT molecular complexity index is 416. The first-order valence-corrected chi connectivity index (χ1v) is 7.43. The fraction of sp³-hybridized carbons (Fsp3) is 0.800. The molecule has 18 heavy (non-hydrogen) atoms. The molecule has 5 rings (SSSR count). The molecule has 1 aromatic rings. The van der Waals surface area contributed by atoms with Crippen molar-refractivity contribution < 1.29 is 4.52 Å². The highest BCUT2D eigenvalue weighted by Gasteiger charge is 2.53. The van der Waals surface area contributed by atoms with E-state index in [1.807, 2.05) is 0 Å². The topological polar surface area (TPSA) is 52.0 Å². The summed E-state index contributed by atoms with van der Waals surface area (Å²) in [4.78, 5) is 0. The van der Waals surface area contributed by atoms with Gasteiger partial charge < -0.3 is 10.3 Å². The van der Waals surface area contributed by atoms with Crippen LogP contribution in [0.5, 0.6) is 0 Å². The van der Waals surface area contributed by atoms with Gasteiger partial charge in [-0.3, -0.25) is 0 Å². The van der Waals surface area contributed by atoms with Gasteiger partial charge in [0.1, 0.15) is 5.76 Å². The minimum atomic E-state index is 0.342. The van der Waals surface area contributed by atoms with Crippen molar-refractivity contribution in [2.75, 3.05) is 6.54 Å². The van der Waals surface area contributed by atoms with E-state index in [9.17, 15) is 0 Å². The molecule has 4 bridgehead atoms. The smallest absolute Gasteiger partial charge is 0.143 e. The largest absolute Gasteiger partial charge is 0.361 e. The maximum absolute atomic E-state index is 5.70. The fourth-order valence-electron chi connectivity index (χ4n) is 5.24. The number of hydrogen-bond acceptors (Lipinski definition) is 3. The Morgan fingerprint density at radius 3 is 2.33 bits per heavy atom. The predicted molar refractivity (Wildman–Crippen MR) is 69.1 cm³/mol. The predicted octanol–water partition coefficient (Wildman–Crippen LogP) is 2.64. The van der Waals surface area contributed by atoms with Gasteiger partial charge in [-0.2, -0.15) is 0 Å². The Labute approximate surface area is 108 Å². The van der Waals surface area contributed by atoms with Crippen molar-refractivity contribution in [3.8, 4) is 0 Å². The first kappa shape index (κ1) is 11.0. The van der Waals surface area contributed by atoms with Gasteiger partial charge in [0.2, 0.25) is 0 Å². The normalized spacial score (nSPS) is 41.5. The standard InChI is InChI=1S/C15H22N2O/c16-2-1-13-6-14(18-17-13)15-7-10-3-11(8-15)5-12(4-10)9-15/h6,10-12H,1-5,7-9,16H2. The summed E-state index contributed by atoms with van der Waals surface area (Å²) >= 11 is 0. The zero-order valence-corrected chi connectivity index (χ0v) is 10.9. The number of rotatable bonds is 3. The van der Waals surface area contributed by atoms with Crippen molar-refractivity contribution in [2.45, 2.75) is 50.4 Å². The van der Waals surface area contributed by atoms with E-state index in [1.54, 1.807) is 0 Å². The zero-order valence-electron chi connectivity index (χ0n) is 10.9. The van der Waals surface area contributed by atoms with Crippen LogP contribution in [0.3, 0.4) is 0 Å². The third-order valence-corrected chi connectivity index (χ3v) is 5.52. The summed E-state index contributed by atoms with van der Waals surface area (Å²) in [5.74, 6) is 4.04. The van der Waals surface area contributed by atoms with Crippen LogP contribution in [0.25, 0.3) is 0 Å². The van der Waals surface area contributed by atoms with Gasteiger partial charge in [0.15, 0.2) is 0 Å². The van der Waals surface area contributed by atoms with Crippen LogP contribution in [0.15, 0.2) is 10.6 Å². The molecule has 4 saturated carbocycles. The van der Waals surface area contributed by atoms with Gasteiger partial charge in [0, 0.05) is 17.9 Å². The molecule has 0 aromatic carbocycles. The third kappa shape index (κ3) is 1.56. The average Bonchev–Trinajstić information content (AvgIpc) is 2.77. The highest BCUT2D eigenvalue weighted by molar-refractivity contribution is 5.22. The maximum atomic E-state index is 5.70. The SMILES string of the molecule is NCCc1cc(C23CC4CC(CC(C4)C2)C3)on1. The van der Waals surface area contributed by atoms with E-state index in [-0.39, 0.29) is 0 Å². The molecular weight excluding hydrogens is 224 g/mol. The lowest BCUT2D eigenvalue weighted by Crippen LogP contribution is -2.48. The summed E-state index contributed by atoms with van der Waals surface area (Å²) in [6, 6.07) is 2.19. The van der Waals surface area contributed by atoms with Gasteiger partial charge in [-0.05, 0) is 62.8 Å². The van der Waals surface area contributed by atoms with Gasteiger partial charge in [-0.1, -0.05) is 5.16 Å². The number of hydrogen-bond donors (Lipinski definition) is 1. The second-order valence-corrected chi connectivity index (χ2v) is 6.92. The van der Waals surface area contributed by atoms with Gasteiger partial charge >= 0.3 is 0 Å². The molecule has 4 fully saturated rings. The molecule has 0 amide bonds. The highest BCUT2D eigenvalue weighted by Crippen LogP contribution is 2.60. The molecule has 1 aromatic heterocycles. The molecule has 0 atom stereocenters. The second-order valence-electron chi connectivity index (χ2n) is 6.92. The Balaban J connectivity index is 1.66. The molecule has 0 spiro atoms. The van der Waals surface area contributed by atoms with Crippen LogP contribution in [0.4, 0.5) is 0 Å². The van der Waals surface area contributed by atoms with Crippen LogP contribution < -0.4 is 5.73 Å². The van der Waals surface area contributed by atoms with Crippen LogP contribution >= 0.6 is 0 Å². The Morgan fingerprint density at radius 1 is 1.17 bits per heavy atom. The van der Waals surface area contributed by atoms with E-state index in [2.05, 4.69) is 11.2 Å². The molecule has 3 heteroatoms. The number of aromatic nitrogens is 1. The molecule has 4 aliphatic carbocycles. The van der Waals surface area contributed by atoms with Crippen LogP contribution in [0, 0.1) is 17.8 Å². The second kappa shape index (κ2) is 3.83. The first-order chi connectivity index (χ1) is 8.77. The average molecular weight is 246 g/mol. The van der Waals surface area contributed by atoms with Crippen molar-refractivity contribution in [3.05, 3.63) is 17.5 Å². The van der Waals surface area contributed by atoms with E-state index in [4.69, 9.17) is 10.3 Å². The van der Waals surface area contributed by atoms with Crippen LogP contribution in [-0.4, -0.2) is 11.7 Å². The fourth-order valence-corrected chi connectivity index (χ4v) is 5.24. The van der Waals surface area contributed by atoms with E-state index >= 15 is 0 Å². The molecular formula is C15H22N2O. The first-order valence-electron chi connectivity index (χ1n) is 7.43. The Kier molecular flexibility index (Phi) is 2.35. The molecule has 3 nitrogen and oxygen atoms in total. The lowest BCUT2D eigenvalue weighted by molar-refractivity contribution is -0.0175. The summed E-state index contributed by atoms with van der Waals surface area (Å²) in [6.45, 7) is 0.660. The van der Waals surface area contributed by atoms with E-state index < -0.39 is 0 Å². The molecule has 4 aliphatic rings. The van der Waals surface area contributed by atoms with Crippen molar-refractivity contribution in [1.29, 1.82) is 0 Å². The molecule has 0 aliphatic heterocycles. The lowest BCUT2D eigenvalue weighted by Gasteiger charge is -2.55. The van der Waals surface area contributed by atoms with Gasteiger partial charge in [0.25, 0.3) is 0 Å². The van der Waals surface area contributed by atoms with Crippen molar-refractivity contribution in [1.82, 2.24) is 5.16 Å². The van der Waals surface area contributed by atoms with Crippen molar-refractivity contribution in [3.63, 3.8) is 0 Å². The zero-order chi connectivity index (χ0) is 12.2. The quantitative estimate of drug-likeness (QED) is 0.892. The van der Waals surface area contributed by atoms with Gasteiger partial charge in [0.05, 0.1) is 5.69 Å². The summed E-state index contributed by atoms with van der Waals surface area (Å²) in [6.07, 6.45) is 9.30. The molecule has 1 heterocycles. The highest BCUT2D eigenvalue weighted by atomic mass is 16.5.